The van der Waals surface area contributed by atoms with Crippen molar-refractivity contribution in [3.05, 3.63) is 41.5 Å². The normalized spacial score (nSPS) is 13.2. The molecule has 0 bridgehead atoms. The summed E-state index contributed by atoms with van der Waals surface area (Å²) >= 11 is 0. The van der Waals surface area contributed by atoms with Crippen LogP contribution in [0.2, 0.25) is 0 Å². The number of nitrogens with zero attached hydrogens (tertiary/aromatic N) is 3. The molecule has 18 heavy (non-hydrogen) atoms. The van der Waals surface area contributed by atoms with Crippen molar-refractivity contribution in [2.45, 2.75) is 12.8 Å². The fourth-order valence-electron chi connectivity index (χ4n) is 2.19. The molecule has 0 saturated heterocycles. The molecule has 1 aliphatic heterocycles. The first-order valence-electron chi connectivity index (χ1n) is 5.97. The quantitative estimate of drug-likeness (QED) is 0.822. The van der Waals surface area contributed by atoms with Crippen LogP contribution in [0.3, 0.4) is 0 Å². The topological polar surface area (TPSA) is 59.8 Å². The van der Waals surface area contributed by atoms with E-state index in [2.05, 4.69) is 15.4 Å². The molecule has 0 fully saturated rings. The lowest BCUT2D eigenvalue weighted by atomic mass is 10.0. The molecule has 2 heterocycles. The minimum absolute atomic E-state index is 0.0719. The first-order valence-corrected chi connectivity index (χ1v) is 5.97. The van der Waals surface area contributed by atoms with E-state index in [0.29, 0.717) is 5.82 Å². The molecule has 0 unspecified atom stereocenters. The van der Waals surface area contributed by atoms with Gasteiger partial charge < -0.3 is 5.32 Å². The Morgan fingerprint density at radius 2 is 2.39 bits per heavy atom. The molecule has 5 heteroatoms. The molecule has 1 aromatic carbocycles. The molecule has 0 radical (unpaired) electrons. The number of rotatable bonds is 3. The van der Waals surface area contributed by atoms with E-state index in [-0.39, 0.29) is 12.2 Å². The molecule has 0 aliphatic carbocycles. The number of aromatic nitrogens is 3. The van der Waals surface area contributed by atoms with E-state index in [4.69, 9.17) is 0 Å². The van der Waals surface area contributed by atoms with Gasteiger partial charge in [-0.2, -0.15) is 5.10 Å². The van der Waals surface area contributed by atoms with Gasteiger partial charge in [0.25, 0.3) is 0 Å². The lowest BCUT2D eigenvalue weighted by Gasteiger charge is -2.04. The van der Waals surface area contributed by atoms with Crippen LogP contribution in [0.25, 0.3) is 0 Å². The van der Waals surface area contributed by atoms with Crippen molar-refractivity contribution in [3.63, 3.8) is 0 Å². The highest BCUT2D eigenvalue weighted by atomic mass is 16.1. The predicted molar refractivity (Wildman–Crippen MR) is 67.7 cm³/mol. The zero-order valence-corrected chi connectivity index (χ0v) is 10.2. The number of fused-ring (bicyclic) bond motifs is 1. The minimum Gasteiger partial charge on any atom is -0.384 e. The van der Waals surface area contributed by atoms with Gasteiger partial charge in [-0.1, -0.05) is 12.1 Å². The number of hydrogen-bond donors (Lipinski definition) is 1. The average molecular weight is 242 g/mol. The van der Waals surface area contributed by atoms with Crippen LogP contribution in [0.5, 0.6) is 0 Å². The molecular formula is C13H14N4O. The second kappa shape index (κ2) is 4.25. The number of anilines is 1. The Morgan fingerprint density at radius 3 is 3.17 bits per heavy atom. The Morgan fingerprint density at radius 1 is 1.50 bits per heavy atom. The van der Waals surface area contributed by atoms with Gasteiger partial charge in [0.2, 0.25) is 0 Å². The maximum Gasteiger partial charge on any atom is 0.170 e. The number of carbonyl (C=O) groups excluding carboxylic acids is 1. The number of nitrogens with one attached hydrogen (secondary N) is 1. The monoisotopic (exact) mass is 242 g/mol. The molecule has 92 valence electrons. The molecule has 1 N–H and O–H groups in total. The molecule has 1 aliphatic rings. The minimum atomic E-state index is 0.0719. The zero-order valence-electron chi connectivity index (χ0n) is 10.2. The van der Waals surface area contributed by atoms with Crippen molar-refractivity contribution in [1.29, 1.82) is 0 Å². The van der Waals surface area contributed by atoms with Crippen LogP contribution in [0.1, 0.15) is 21.7 Å². The standard InChI is InChI=1S/C13H14N4O/c1-17-13(15-8-16-17)7-12(18)10-3-2-9-4-5-14-11(9)6-10/h2-3,6,8,14H,4-5,7H2,1H3. The summed E-state index contributed by atoms with van der Waals surface area (Å²) in [5, 5.41) is 7.24. The summed E-state index contributed by atoms with van der Waals surface area (Å²) < 4.78 is 1.63. The Hall–Kier alpha value is -2.17. The summed E-state index contributed by atoms with van der Waals surface area (Å²) in [6.07, 6.45) is 2.79. The maximum absolute atomic E-state index is 12.2. The van der Waals surface area contributed by atoms with Gasteiger partial charge in [0.05, 0.1) is 6.42 Å². The van der Waals surface area contributed by atoms with Crippen molar-refractivity contribution < 1.29 is 4.79 Å². The van der Waals surface area contributed by atoms with Crippen molar-refractivity contribution in [2.24, 2.45) is 7.05 Å². The second-order valence-corrected chi connectivity index (χ2v) is 4.45. The van der Waals surface area contributed by atoms with Crippen LogP contribution in [0.15, 0.2) is 24.5 Å². The molecule has 5 nitrogen and oxygen atoms in total. The highest BCUT2D eigenvalue weighted by Gasteiger charge is 2.15. The molecule has 3 rings (SSSR count). The fourth-order valence-corrected chi connectivity index (χ4v) is 2.19. The van der Waals surface area contributed by atoms with Gasteiger partial charge in [-0.3, -0.25) is 9.48 Å². The third kappa shape index (κ3) is 1.88. The van der Waals surface area contributed by atoms with Crippen molar-refractivity contribution in [3.8, 4) is 0 Å². The lowest BCUT2D eigenvalue weighted by Crippen LogP contribution is -2.09. The van der Waals surface area contributed by atoms with Crippen LogP contribution in [0.4, 0.5) is 5.69 Å². The highest BCUT2D eigenvalue weighted by Crippen LogP contribution is 2.23. The Labute approximate surface area is 105 Å². The second-order valence-electron chi connectivity index (χ2n) is 4.45. The maximum atomic E-state index is 12.2. The highest BCUT2D eigenvalue weighted by molar-refractivity contribution is 5.98. The van der Waals surface area contributed by atoms with Crippen LogP contribution in [-0.4, -0.2) is 27.1 Å². The molecular weight excluding hydrogens is 228 g/mol. The first-order chi connectivity index (χ1) is 8.74. The van der Waals surface area contributed by atoms with Crippen molar-refractivity contribution in [2.75, 3.05) is 11.9 Å². The molecule has 0 amide bonds. The summed E-state index contributed by atoms with van der Waals surface area (Å²) in [7, 11) is 1.79. The first kappa shape index (κ1) is 11.0. The summed E-state index contributed by atoms with van der Waals surface area (Å²) in [5.74, 6) is 0.760. The number of benzene rings is 1. The largest absolute Gasteiger partial charge is 0.384 e. The fraction of sp³-hybridized carbons (Fsp3) is 0.308. The van der Waals surface area contributed by atoms with E-state index in [9.17, 15) is 4.79 Å². The smallest absolute Gasteiger partial charge is 0.170 e. The summed E-state index contributed by atoms with van der Waals surface area (Å²) in [6.45, 7) is 0.955. The molecule has 0 spiro atoms. The van der Waals surface area contributed by atoms with Gasteiger partial charge in [0.15, 0.2) is 5.78 Å². The van der Waals surface area contributed by atoms with E-state index in [1.165, 1.54) is 11.9 Å². The van der Waals surface area contributed by atoms with Crippen LogP contribution in [-0.2, 0) is 19.9 Å². The third-order valence-electron chi connectivity index (χ3n) is 3.27. The summed E-state index contributed by atoms with van der Waals surface area (Å²) in [4.78, 5) is 16.2. The van der Waals surface area contributed by atoms with Crippen LogP contribution < -0.4 is 5.32 Å². The third-order valence-corrected chi connectivity index (χ3v) is 3.27. The van der Waals surface area contributed by atoms with Gasteiger partial charge in [0.1, 0.15) is 12.2 Å². The number of carbonyl (C=O) groups is 1. The van der Waals surface area contributed by atoms with Gasteiger partial charge in [0, 0.05) is 24.8 Å². The van der Waals surface area contributed by atoms with E-state index < -0.39 is 0 Å². The molecule has 1 aromatic heterocycles. The van der Waals surface area contributed by atoms with Gasteiger partial charge in [-0.05, 0) is 18.1 Å². The lowest BCUT2D eigenvalue weighted by molar-refractivity contribution is 0.0989. The predicted octanol–water partition coefficient (Wildman–Crippen LogP) is 1.21. The molecule has 0 atom stereocenters. The van der Waals surface area contributed by atoms with E-state index in [1.54, 1.807) is 11.7 Å². The summed E-state index contributed by atoms with van der Waals surface area (Å²) in [5.41, 5.74) is 3.09. The van der Waals surface area contributed by atoms with Gasteiger partial charge in [-0.15, -0.1) is 0 Å². The van der Waals surface area contributed by atoms with Crippen molar-refractivity contribution >= 4 is 11.5 Å². The van der Waals surface area contributed by atoms with Crippen molar-refractivity contribution in [1.82, 2.24) is 14.8 Å². The Balaban J connectivity index is 1.83. The van der Waals surface area contributed by atoms with E-state index in [0.717, 1.165) is 24.2 Å². The average Bonchev–Trinajstić information content (AvgIpc) is 2.98. The van der Waals surface area contributed by atoms with Gasteiger partial charge >= 0.3 is 0 Å². The number of Topliss-reactive ketones (excluding diaryl/α,β-unsaturated/α-hetero) is 1. The van der Waals surface area contributed by atoms with E-state index >= 15 is 0 Å². The molecule has 0 saturated carbocycles. The summed E-state index contributed by atoms with van der Waals surface area (Å²) in [6, 6.07) is 5.85. The Bertz CT molecular complexity index is 603. The van der Waals surface area contributed by atoms with Gasteiger partial charge in [-0.25, -0.2) is 4.98 Å². The molecule has 2 aromatic rings. The SMILES string of the molecule is Cn1ncnc1CC(=O)c1ccc2c(c1)NCC2. The zero-order chi connectivity index (χ0) is 12.5. The van der Waals surface area contributed by atoms with E-state index in [1.807, 2.05) is 18.2 Å². The van der Waals surface area contributed by atoms with Crippen LogP contribution >= 0.6 is 0 Å². The van der Waals surface area contributed by atoms with Crippen LogP contribution in [0, 0.1) is 0 Å². The number of ketones is 1. The Kier molecular flexibility index (Phi) is 2.59. The number of aryl methyl sites for hydroxylation is 1. The number of hydrogen-bond acceptors (Lipinski definition) is 4.